The smallest absolute Gasteiger partial charge is 0.139 e. The minimum Gasteiger partial charge on any atom is -0.488 e. The van der Waals surface area contributed by atoms with Gasteiger partial charge >= 0.3 is 0 Å². The summed E-state index contributed by atoms with van der Waals surface area (Å²) >= 11 is 9.41. The fourth-order valence-electron chi connectivity index (χ4n) is 1.39. The summed E-state index contributed by atoms with van der Waals surface area (Å²) in [5.41, 5.74) is 1.04. The van der Waals surface area contributed by atoms with E-state index in [1.807, 2.05) is 18.2 Å². The van der Waals surface area contributed by atoms with Gasteiger partial charge in [-0.3, -0.25) is 0 Å². The molecule has 0 bridgehead atoms. The second kappa shape index (κ2) is 5.89. The molecule has 1 aromatic rings. The average Bonchev–Trinajstić information content (AvgIpc) is 3.11. The first-order valence-electron chi connectivity index (χ1n) is 5.63. The Kier molecular flexibility index (Phi) is 4.48. The molecule has 0 atom stereocenters. The summed E-state index contributed by atoms with van der Waals surface area (Å²) in [6.45, 7) is 5.29. The molecule has 0 amide bonds. The highest BCUT2D eigenvalue weighted by molar-refractivity contribution is 9.10. The van der Waals surface area contributed by atoms with E-state index in [9.17, 15) is 0 Å². The highest BCUT2D eigenvalue weighted by Gasteiger charge is 2.20. The summed E-state index contributed by atoms with van der Waals surface area (Å²) in [6, 6.07) is 6.26. The Balaban J connectivity index is 1.79. The van der Waals surface area contributed by atoms with Gasteiger partial charge in [-0.1, -0.05) is 34.1 Å². The first-order valence-corrected chi connectivity index (χ1v) is 6.80. The molecular weight excluding hydrogens is 302 g/mol. The molecule has 2 rings (SSSR count). The molecule has 1 fully saturated rings. The van der Waals surface area contributed by atoms with E-state index in [0.717, 1.165) is 16.6 Å². The van der Waals surface area contributed by atoms with Crippen LogP contribution in [0.2, 0.25) is 5.02 Å². The van der Waals surface area contributed by atoms with Crippen LogP contribution in [0.25, 0.3) is 0 Å². The summed E-state index contributed by atoms with van der Waals surface area (Å²) < 4.78 is 6.59. The first-order chi connectivity index (χ1) is 8.15. The van der Waals surface area contributed by atoms with Gasteiger partial charge in [-0.25, -0.2) is 0 Å². The van der Waals surface area contributed by atoms with Gasteiger partial charge in [-0.15, -0.1) is 0 Å². The third kappa shape index (κ3) is 4.34. The Hall–Kier alpha value is -0.510. The Bertz CT molecular complexity index is 418. The van der Waals surface area contributed by atoms with Gasteiger partial charge in [-0.05, 0) is 36.6 Å². The van der Waals surface area contributed by atoms with Crippen LogP contribution < -0.4 is 10.1 Å². The highest BCUT2D eigenvalue weighted by atomic mass is 79.9. The Labute approximate surface area is 115 Å². The molecule has 92 valence electrons. The van der Waals surface area contributed by atoms with E-state index in [1.165, 1.54) is 12.8 Å². The third-order valence-electron chi connectivity index (χ3n) is 2.54. The molecule has 0 saturated heterocycles. The lowest BCUT2D eigenvalue weighted by Crippen LogP contribution is -2.21. The van der Waals surface area contributed by atoms with Gasteiger partial charge in [-0.2, -0.15) is 0 Å². The topological polar surface area (TPSA) is 21.3 Å². The van der Waals surface area contributed by atoms with Gasteiger partial charge in [0.2, 0.25) is 0 Å². The van der Waals surface area contributed by atoms with Crippen molar-refractivity contribution in [2.45, 2.75) is 18.9 Å². The zero-order valence-electron chi connectivity index (χ0n) is 9.51. The van der Waals surface area contributed by atoms with Crippen molar-refractivity contribution in [1.29, 1.82) is 0 Å². The van der Waals surface area contributed by atoms with Crippen molar-refractivity contribution < 1.29 is 4.74 Å². The zero-order chi connectivity index (χ0) is 12.3. The third-order valence-corrected chi connectivity index (χ3v) is 3.35. The maximum atomic E-state index is 6.03. The summed E-state index contributed by atoms with van der Waals surface area (Å²) in [5, 5.41) is 4.02. The molecule has 17 heavy (non-hydrogen) atoms. The van der Waals surface area contributed by atoms with Gasteiger partial charge in [0.05, 0.1) is 5.02 Å². The Morgan fingerprint density at radius 1 is 1.53 bits per heavy atom. The summed E-state index contributed by atoms with van der Waals surface area (Å²) in [4.78, 5) is 0. The molecule has 0 spiro atoms. The van der Waals surface area contributed by atoms with Crippen LogP contribution in [0.3, 0.4) is 0 Å². The predicted octanol–water partition coefficient (Wildman–Crippen LogP) is 3.79. The van der Waals surface area contributed by atoms with Crippen LogP contribution in [0, 0.1) is 0 Å². The van der Waals surface area contributed by atoms with Gasteiger partial charge in [0.15, 0.2) is 0 Å². The largest absolute Gasteiger partial charge is 0.488 e. The molecule has 1 N–H and O–H groups in total. The molecule has 1 aliphatic carbocycles. The van der Waals surface area contributed by atoms with Crippen molar-refractivity contribution in [3.63, 3.8) is 0 Å². The van der Waals surface area contributed by atoms with Crippen molar-refractivity contribution in [2.75, 3.05) is 13.2 Å². The first kappa shape index (κ1) is 12.9. The maximum Gasteiger partial charge on any atom is 0.139 e. The van der Waals surface area contributed by atoms with Crippen molar-refractivity contribution in [3.05, 3.63) is 39.8 Å². The Morgan fingerprint density at radius 2 is 2.29 bits per heavy atom. The van der Waals surface area contributed by atoms with Crippen molar-refractivity contribution >= 4 is 27.5 Å². The number of hydrogen-bond donors (Lipinski definition) is 1. The highest BCUT2D eigenvalue weighted by Crippen LogP contribution is 2.28. The SMILES string of the molecule is C=C(CNC1CC1)COc1cc(Br)ccc1Cl. The molecule has 0 unspecified atom stereocenters. The number of hydrogen-bond acceptors (Lipinski definition) is 2. The molecule has 0 aromatic heterocycles. The number of benzene rings is 1. The van der Waals surface area contributed by atoms with Crippen LogP contribution >= 0.6 is 27.5 Å². The minimum atomic E-state index is 0.496. The van der Waals surface area contributed by atoms with Crippen LogP contribution in [0.1, 0.15) is 12.8 Å². The number of rotatable bonds is 6. The summed E-state index contributed by atoms with van der Waals surface area (Å²) in [6.07, 6.45) is 2.57. The number of halogens is 2. The standard InChI is InChI=1S/C13H15BrClNO/c1-9(7-16-11-3-4-11)8-17-13-6-10(14)2-5-12(13)15/h2,5-6,11,16H,1,3-4,7-8H2. The maximum absolute atomic E-state index is 6.03. The zero-order valence-corrected chi connectivity index (χ0v) is 11.9. The predicted molar refractivity (Wildman–Crippen MR) is 74.8 cm³/mol. The van der Waals surface area contributed by atoms with Crippen molar-refractivity contribution in [1.82, 2.24) is 5.32 Å². The molecular formula is C13H15BrClNO. The van der Waals surface area contributed by atoms with E-state index in [4.69, 9.17) is 16.3 Å². The van der Waals surface area contributed by atoms with Crippen molar-refractivity contribution in [3.8, 4) is 5.75 Å². The van der Waals surface area contributed by atoms with Gasteiger partial charge in [0, 0.05) is 17.1 Å². The molecule has 0 radical (unpaired) electrons. The molecule has 4 heteroatoms. The number of ether oxygens (including phenoxy) is 1. The lowest BCUT2D eigenvalue weighted by Gasteiger charge is -2.11. The molecule has 1 aliphatic rings. The van der Waals surface area contributed by atoms with Crippen LogP contribution in [0.4, 0.5) is 0 Å². The monoisotopic (exact) mass is 315 g/mol. The second-order valence-corrected chi connectivity index (χ2v) is 5.59. The van der Waals surface area contributed by atoms with Gasteiger partial charge in [0.1, 0.15) is 12.4 Å². The van der Waals surface area contributed by atoms with Crippen molar-refractivity contribution in [2.24, 2.45) is 0 Å². The molecule has 2 nitrogen and oxygen atoms in total. The quantitative estimate of drug-likeness (QED) is 0.806. The fraction of sp³-hybridized carbons (Fsp3) is 0.385. The van der Waals surface area contributed by atoms with Gasteiger partial charge < -0.3 is 10.1 Å². The second-order valence-electron chi connectivity index (χ2n) is 4.27. The molecule has 1 saturated carbocycles. The van der Waals surface area contributed by atoms with E-state index in [2.05, 4.69) is 27.8 Å². The lowest BCUT2D eigenvalue weighted by atomic mass is 10.3. The molecule has 1 aromatic carbocycles. The molecule has 0 aliphatic heterocycles. The van der Waals surface area contributed by atoms with E-state index >= 15 is 0 Å². The Morgan fingerprint density at radius 3 is 3.00 bits per heavy atom. The average molecular weight is 317 g/mol. The van der Waals surface area contributed by atoms with E-state index in [-0.39, 0.29) is 0 Å². The fourth-order valence-corrected chi connectivity index (χ4v) is 1.91. The van der Waals surface area contributed by atoms with Crippen LogP contribution in [-0.4, -0.2) is 19.2 Å². The van der Waals surface area contributed by atoms with Crippen LogP contribution in [0.5, 0.6) is 5.75 Å². The normalized spacial score (nSPS) is 14.7. The van der Waals surface area contributed by atoms with E-state index in [1.54, 1.807) is 0 Å². The van der Waals surface area contributed by atoms with Crippen LogP contribution in [-0.2, 0) is 0 Å². The van der Waals surface area contributed by atoms with E-state index in [0.29, 0.717) is 23.4 Å². The van der Waals surface area contributed by atoms with E-state index < -0.39 is 0 Å². The number of nitrogens with one attached hydrogen (secondary N) is 1. The summed E-state index contributed by atoms with van der Waals surface area (Å²) in [7, 11) is 0. The van der Waals surface area contributed by atoms with Gasteiger partial charge in [0.25, 0.3) is 0 Å². The minimum absolute atomic E-state index is 0.496. The van der Waals surface area contributed by atoms with Crippen LogP contribution in [0.15, 0.2) is 34.8 Å². The molecule has 0 heterocycles. The lowest BCUT2D eigenvalue weighted by molar-refractivity contribution is 0.348. The summed E-state index contributed by atoms with van der Waals surface area (Å²) in [5.74, 6) is 0.689.